The molecule has 0 saturated heterocycles. The van der Waals surface area contributed by atoms with E-state index in [1.165, 1.54) is 38.5 Å². The number of amides is 1. The Bertz CT molecular complexity index is 1570. The maximum absolute atomic E-state index is 13.0. The van der Waals surface area contributed by atoms with Crippen molar-refractivity contribution in [3.05, 3.63) is 48.3 Å². The van der Waals surface area contributed by atoms with Crippen LogP contribution in [0, 0.1) is 0 Å². The summed E-state index contributed by atoms with van der Waals surface area (Å²) in [5.41, 5.74) is 0.0407. The minimum Gasteiger partial charge on any atom is -0.489 e. The predicted molar refractivity (Wildman–Crippen MR) is 141 cm³/mol. The summed E-state index contributed by atoms with van der Waals surface area (Å²) in [7, 11) is -1.52. The van der Waals surface area contributed by atoms with Gasteiger partial charge in [-0.05, 0) is 36.4 Å². The molecule has 0 bridgehead atoms. The standard InChI is InChI=1S/C25H24N4O11S/c1-13(30)38-19-10-16(11-20(39-14(2)31)21(19)40-15(3)32)24(33)28-17-6-8-18(9-7-17)41(34,35)29-23-22(36-4)25(37-5)27-12-26-23/h6-12H,1-5H3,(H,28,33)(H,26,27,29). The lowest BCUT2D eigenvalue weighted by Gasteiger charge is -2.15. The number of sulfonamides is 1. The van der Waals surface area contributed by atoms with Crippen LogP contribution >= 0.6 is 0 Å². The first-order valence-electron chi connectivity index (χ1n) is 11.4. The van der Waals surface area contributed by atoms with Crippen LogP contribution in [0.1, 0.15) is 31.1 Å². The maximum Gasteiger partial charge on any atom is 0.308 e. The molecule has 0 aliphatic rings. The summed E-state index contributed by atoms with van der Waals surface area (Å²) in [6.07, 6.45) is 1.09. The fraction of sp³-hybridized carbons (Fsp3) is 0.200. The van der Waals surface area contributed by atoms with Gasteiger partial charge in [0.25, 0.3) is 21.8 Å². The Kier molecular flexibility index (Phi) is 9.41. The molecule has 0 atom stereocenters. The Balaban J connectivity index is 1.88. The smallest absolute Gasteiger partial charge is 0.308 e. The molecule has 2 aromatic carbocycles. The van der Waals surface area contributed by atoms with E-state index in [1.54, 1.807) is 0 Å². The van der Waals surface area contributed by atoms with E-state index in [2.05, 4.69) is 20.0 Å². The van der Waals surface area contributed by atoms with Crippen molar-refractivity contribution in [1.82, 2.24) is 9.97 Å². The Labute approximate surface area is 233 Å². The van der Waals surface area contributed by atoms with Gasteiger partial charge in [-0.25, -0.2) is 13.4 Å². The number of hydrogen-bond acceptors (Lipinski definition) is 13. The van der Waals surface area contributed by atoms with Gasteiger partial charge in [-0.3, -0.25) is 23.9 Å². The molecule has 0 aliphatic carbocycles. The molecule has 0 radical (unpaired) electrons. The number of carbonyl (C=O) groups excluding carboxylic acids is 4. The lowest BCUT2D eigenvalue weighted by molar-refractivity contribution is -0.135. The van der Waals surface area contributed by atoms with E-state index >= 15 is 0 Å². The van der Waals surface area contributed by atoms with Gasteiger partial charge in [-0.1, -0.05) is 0 Å². The van der Waals surface area contributed by atoms with Gasteiger partial charge in [0.05, 0.1) is 19.1 Å². The average Bonchev–Trinajstić information content (AvgIpc) is 2.89. The molecule has 3 rings (SSSR count). The number of aromatic nitrogens is 2. The number of anilines is 2. The number of esters is 3. The van der Waals surface area contributed by atoms with Crippen molar-refractivity contribution in [3.63, 3.8) is 0 Å². The molecule has 216 valence electrons. The van der Waals surface area contributed by atoms with E-state index < -0.39 is 33.8 Å². The van der Waals surface area contributed by atoms with Crippen molar-refractivity contribution < 1.29 is 51.3 Å². The van der Waals surface area contributed by atoms with Crippen LogP contribution in [0.15, 0.2) is 47.6 Å². The SMILES string of the molecule is COc1ncnc(NS(=O)(=O)c2ccc(NC(=O)c3cc(OC(C)=O)c(OC(C)=O)c(OC(C)=O)c3)cc2)c1OC. The highest BCUT2D eigenvalue weighted by Crippen LogP contribution is 2.40. The van der Waals surface area contributed by atoms with Crippen LogP contribution in [0.2, 0.25) is 0 Å². The zero-order valence-electron chi connectivity index (χ0n) is 22.3. The molecule has 0 unspecified atom stereocenters. The third-order valence-electron chi connectivity index (χ3n) is 4.86. The molecule has 3 aromatic rings. The number of nitrogens with zero attached hydrogens (tertiary/aromatic N) is 2. The van der Waals surface area contributed by atoms with Gasteiger partial charge >= 0.3 is 17.9 Å². The molecule has 0 fully saturated rings. The third kappa shape index (κ3) is 7.66. The van der Waals surface area contributed by atoms with E-state index in [-0.39, 0.29) is 50.8 Å². The van der Waals surface area contributed by atoms with Crippen LogP contribution < -0.4 is 33.7 Å². The molecule has 1 amide bonds. The predicted octanol–water partition coefficient (Wildman–Crippen LogP) is 2.32. The number of ether oxygens (including phenoxy) is 5. The van der Waals surface area contributed by atoms with Crippen molar-refractivity contribution in [3.8, 4) is 28.9 Å². The molecule has 15 nitrogen and oxygen atoms in total. The van der Waals surface area contributed by atoms with Crippen molar-refractivity contribution >= 4 is 45.3 Å². The molecule has 41 heavy (non-hydrogen) atoms. The van der Waals surface area contributed by atoms with Crippen LogP contribution in [0.3, 0.4) is 0 Å². The molecule has 16 heteroatoms. The molecule has 1 aromatic heterocycles. The van der Waals surface area contributed by atoms with Crippen molar-refractivity contribution in [2.24, 2.45) is 0 Å². The minimum absolute atomic E-state index is 0.0212. The fourth-order valence-electron chi connectivity index (χ4n) is 3.28. The van der Waals surface area contributed by atoms with Crippen LogP contribution in [-0.4, -0.2) is 56.4 Å². The summed E-state index contributed by atoms with van der Waals surface area (Å²) in [5, 5.41) is 2.54. The van der Waals surface area contributed by atoms with Crippen LogP contribution in [-0.2, 0) is 24.4 Å². The number of benzene rings is 2. The van der Waals surface area contributed by atoms with Gasteiger partial charge in [-0.2, -0.15) is 4.98 Å². The monoisotopic (exact) mass is 588 g/mol. The Morgan fingerprint density at radius 3 is 1.80 bits per heavy atom. The average molecular weight is 589 g/mol. The van der Waals surface area contributed by atoms with E-state index in [4.69, 9.17) is 23.7 Å². The second kappa shape index (κ2) is 12.7. The first kappa shape index (κ1) is 30.3. The summed E-state index contributed by atoms with van der Waals surface area (Å²) in [4.78, 5) is 55.3. The Hall–Kier alpha value is -5.25. The normalized spacial score (nSPS) is 10.7. The summed E-state index contributed by atoms with van der Waals surface area (Å²) in [6.45, 7) is 3.24. The number of methoxy groups -OCH3 is 2. The molecule has 2 N–H and O–H groups in total. The van der Waals surface area contributed by atoms with Gasteiger partial charge in [0, 0.05) is 32.0 Å². The molecular formula is C25H24N4O11S. The van der Waals surface area contributed by atoms with E-state index in [0.29, 0.717) is 0 Å². The lowest BCUT2D eigenvalue weighted by atomic mass is 10.1. The van der Waals surface area contributed by atoms with Gasteiger partial charge in [0.15, 0.2) is 17.3 Å². The van der Waals surface area contributed by atoms with Crippen LogP contribution in [0.5, 0.6) is 28.9 Å². The Morgan fingerprint density at radius 2 is 1.32 bits per heavy atom. The number of hydrogen-bond donors (Lipinski definition) is 2. The van der Waals surface area contributed by atoms with Gasteiger partial charge in [-0.15, -0.1) is 0 Å². The van der Waals surface area contributed by atoms with E-state index in [9.17, 15) is 27.6 Å². The van der Waals surface area contributed by atoms with Gasteiger partial charge in [0.1, 0.15) is 6.33 Å². The second-order valence-electron chi connectivity index (χ2n) is 7.93. The fourth-order valence-corrected chi connectivity index (χ4v) is 4.29. The third-order valence-corrected chi connectivity index (χ3v) is 6.21. The second-order valence-corrected chi connectivity index (χ2v) is 9.61. The molecular weight excluding hydrogens is 564 g/mol. The minimum atomic E-state index is -4.14. The first-order valence-corrected chi connectivity index (χ1v) is 12.9. The van der Waals surface area contributed by atoms with Gasteiger partial charge in [0.2, 0.25) is 11.5 Å². The highest BCUT2D eigenvalue weighted by molar-refractivity contribution is 7.92. The van der Waals surface area contributed by atoms with E-state index in [1.807, 2.05) is 0 Å². The highest BCUT2D eigenvalue weighted by atomic mass is 32.2. The Morgan fingerprint density at radius 1 is 0.756 bits per heavy atom. The van der Waals surface area contributed by atoms with Crippen molar-refractivity contribution in [1.29, 1.82) is 0 Å². The highest BCUT2D eigenvalue weighted by Gasteiger charge is 2.24. The summed E-state index contributed by atoms with van der Waals surface area (Å²) < 4.78 is 53.4. The number of nitrogens with one attached hydrogen (secondary N) is 2. The summed E-state index contributed by atoms with van der Waals surface area (Å²) in [6, 6.07) is 7.29. The molecule has 0 aliphatic heterocycles. The lowest BCUT2D eigenvalue weighted by Crippen LogP contribution is -2.16. The number of rotatable bonds is 10. The quantitative estimate of drug-likeness (QED) is 0.259. The maximum atomic E-state index is 13.0. The molecule has 1 heterocycles. The first-order chi connectivity index (χ1) is 19.3. The zero-order valence-corrected chi connectivity index (χ0v) is 23.2. The van der Waals surface area contributed by atoms with Crippen LogP contribution in [0.4, 0.5) is 11.5 Å². The van der Waals surface area contributed by atoms with Gasteiger partial charge < -0.3 is 29.0 Å². The molecule has 0 spiro atoms. The van der Waals surface area contributed by atoms with E-state index in [0.717, 1.165) is 39.2 Å². The topological polar surface area (TPSA) is 198 Å². The molecule has 0 saturated carbocycles. The largest absolute Gasteiger partial charge is 0.489 e. The van der Waals surface area contributed by atoms with Crippen LogP contribution in [0.25, 0.3) is 0 Å². The zero-order chi connectivity index (χ0) is 30.3. The summed E-state index contributed by atoms with van der Waals surface area (Å²) in [5.74, 6) is -4.38. The summed E-state index contributed by atoms with van der Waals surface area (Å²) >= 11 is 0. The number of carbonyl (C=O) groups is 4. The van der Waals surface area contributed by atoms with Crippen molar-refractivity contribution in [2.45, 2.75) is 25.7 Å². The van der Waals surface area contributed by atoms with Crippen molar-refractivity contribution in [2.75, 3.05) is 24.3 Å².